The Kier molecular flexibility index (Phi) is 3.08. The van der Waals surface area contributed by atoms with Gasteiger partial charge < -0.3 is 10.1 Å². The first kappa shape index (κ1) is 11.7. The second-order valence-corrected chi connectivity index (χ2v) is 5.61. The molecule has 3 rings (SSSR count). The van der Waals surface area contributed by atoms with Crippen LogP contribution in [0.4, 0.5) is 10.8 Å². The highest BCUT2D eigenvalue weighted by Crippen LogP contribution is 2.24. The molecule has 18 heavy (non-hydrogen) atoms. The lowest BCUT2D eigenvalue weighted by Gasteiger charge is -2.03. The molecule has 5 nitrogen and oxygen atoms in total. The summed E-state index contributed by atoms with van der Waals surface area (Å²) >= 11 is 3.69. The molecule has 1 N–H and O–H groups in total. The Morgan fingerprint density at radius 1 is 1.33 bits per heavy atom. The summed E-state index contributed by atoms with van der Waals surface area (Å²) in [5.74, 6) is 0.837. The van der Waals surface area contributed by atoms with Crippen molar-refractivity contribution in [3.05, 3.63) is 34.2 Å². The van der Waals surface area contributed by atoms with Crippen LogP contribution in [0.3, 0.4) is 0 Å². The maximum atomic E-state index is 5.11. The van der Waals surface area contributed by atoms with Crippen LogP contribution < -0.4 is 10.1 Å². The van der Waals surface area contributed by atoms with Gasteiger partial charge in [-0.2, -0.15) is 0 Å². The molecule has 0 radical (unpaired) electrons. The van der Waals surface area contributed by atoms with E-state index in [1.807, 2.05) is 30.5 Å². The zero-order valence-corrected chi connectivity index (χ0v) is 12.4. The van der Waals surface area contributed by atoms with E-state index in [1.54, 1.807) is 11.6 Å². The molecule has 2 heterocycles. The van der Waals surface area contributed by atoms with Crippen LogP contribution in [-0.2, 0) is 0 Å². The first-order valence-electron chi connectivity index (χ1n) is 5.17. The SMILES string of the molecule is COc1ccc(Nc2nn3cc(I)nc3s2)cc1. The van der Waals surface area contributed by atoms with Crippen LogP contribution in [0.15, 0.2) is 30.5 Å². The Labute approximate surface area is 121 Å². The number of nitrogens with one attached hydrogen (secondary N) is 1. The number of rotatable bonds is 3. The number of hydrogen-bond acceptors (Lipinski definition) is 5. The van der Waals surface area contributed by atoms with Gasteiger partial charge in [0, 0.05) is 5.69 Å². The van der Waals surface area contributed by atoms with Gasteiger partial charge in [0.2, 0.25) is 10.1 Å². The number of halogens is 1. The van der Waals surface area contributed by atoms with Gasteiger partial charge in [-0.1, -0.05) is 11.3 Å². The van der Waals surface area contributed by atoms with Crippen LogP contribution in [-0.4, -0.2) is 21.7 Å². The number of nitrogens with zero attached hydrogens (tertiary/aromatic N) is 3. The highest BCUT2D eigenvalue weighted by molar-refractivity contribution is 14.1. The van der Waals surface area contributed by atoms with Gasteiger partial charge in [0.05, 0.1) is 13.3 Å². The van der Waals surface area contributed by atoms with E-state index < -0.39 is 0 Å². The average Bonchev–Trinajstić information content (AvgIpc) is 2.86. The van der Waals surface area contributed by atoms with Gasteiger partial charge in [-0.05, 0) is 46.9 Å². The van der Waals surface area contributed by atoms with Crippen molar-refractivity contribution in [2.45, 2.75) is 0 Å². The van der Waals surface area contributed by atoms with Gasteiger partial charge in [0.15, 0.2) is 0 Å². The number of ether oxygens (including phenoxy) is 1. The van der Waals surface area contributed by atoms with Crippen molar-refractivity contribution in [3.8, 4) is 5.75 Å². The predicted molar refractivity (Wildman–Crippen MR) is 79.9 cm³/mol. The number of benzene rings is 1. The Morgan fingerprint density at radius 2 is 2.11 bits per heavy atom. The molecule has 0 atom stereocenters. The van der Waals surface area contributed by atoms with Crippen LogP contribution in [0.5, 0.6) is 5.75 Å². The molecule has 0 spiro atoms. The minimum absolute atomic E-state index is 0.819. The van der Waals surface area contributed by atoms with E-state index in [-0.39, 0.29) is 0 Å². The van der Waals surface area contributed by atoms with Crippen LogP contribution in [0.25, 0.3) is 4.96 Å². The average molecular weight is 372 g/mol. The molecule has 0 fully saturated rings. The number of anilines is 2. The molecular weight excluding hydrogens is 363 g/mol. The molecule has 3 aromatic rings. The third-order valence-corrected chi connectivity index (χ3v) is 3.71. The number of aromatic nitrogens is 3. The summed E-state index contributed by atoms with van der Waals surface area (Å²) in [7, 11) is 1.65. The van der Waals surface area contributed by atoms with Crippen molar-refractivity contribution in [2.75, 3.05) is 12.4 Å². The maximum absolute atomic E-state index is 5.11. The Morgan fingerprint density at radius 3 is 2.78 bits per heavy atom. The highest BCUT2D eigenvalue weighted by atomic mass is 127. The van der Waals surface area contributed by atoms with Gasteiger partial charge in [0.1, 0.15) is 9.45 Å². The lowest BCUT2D eigenvalue weighted by Crippen LogP contribution is -1.91. The summed E-state index contributed by atoms with van der Waals surface area (Å²) in [4.78, 5) is 5.23. The fourth-order valence-corrected chi connectivity index (χ4v) is 2.98. The summed E-state index contributed by atoms with van der Waals surface area (Å²) in [5.41, 5.74) is 0.975. The topological polar surface area (TPSA) is 51.5 Å². The minimum Gasteiger partial charge on any atom is -0.497 e. The minimum atomic E-state index is 0.819. The predicted octanol–water partition coefficient (Wildman–Crippen LogP) is 3.15. The second-order valence-electron chi connectivity index (χ2n) is 3.55. The number of imidazole rings is 1. The van der Waals surface area contributed by atoms with Crippen LogP contribution >= 0.6 is 33.9 Å². The monoisotopic (exact) mass is 372 g/mol. The summed E-state index contributed by atoms with van der Waals surface area (Å²) in [6.07, 6.45) is 1.89. The van der Waals surface area contributed by atoms with Crippen molar-refractivity contribution in [1.29, 1.82) is 0 Å². The second kappa shape index (κ2) is 4.73. The first-order valence-corrected chi connectivity index (χ1v) is 7.07. The summed E-state index contributed by atoms with van der Waals surface area (Å²) in [5, 5.41) is 8.45. The molecule has 0 bridgehead atoms. The van der Waals surface area contributed by atoms with Crippen molar-refractivity contribution >= 4 is 49.7 Å². The molecule has 7 heteroatoms. The summed E-state index contributed by atoms with van der Waals surface area (Å²) in [6, 6.07) is 7.72. The molecule has 0 unspecified atom stereocenters. The molecule has 0 saturated carbocycles. The zero-order chi connectivity index (χ0) is 12.5. The van der Waals surface area contributed by atoms with Gasteiger partial charge >= 0.3 is 0 Å². The highest BCUT2D eigenvalue weighted by Gasteiger charge is 2.06. The van der Waals surface area contributed by atoms with E-state index in [0.29, 0.717) is 0 Å². The van der Waals surface area contributed by atoms with E-state index in [2.05, 4.69) is 38.0 Å². The largest absolute Gasteiger partial charge is 0.497 e. The van der Waals surface area contributed by atoms with E-state index >= 15 is 0 Å². The first-order chi connectivity index (χ1) is 8.74. The van der Waals surface area contributed by atoms with Crippen LogP contribution in [0.1, 0.15) is 0 Å². The molecule has 1 aromatic carbocycles. The maximum Gasteiger partial charge on any atom is 0.214 e. The lowest BCUT2D eigenvalue weighted by atomic mass is 10.3. The van der Waals surface area contributed by atoms with E-state index in [1.165, 1.54) is 11.3 Å². The smallest absolute Gasteiger partial charge is 0.214 e. The van der Waals surface area contributed by atoms with Crippen molar-refractivity contribution < 1.29 is 4.74 Å². The van der Waals surface area contributed by atoms with E-state index in [0.717, 1.165) is 25.2 Å². The molecule has 0 aliphatic heterocycles. The van der Waals surface area contributed by atoms with Gasteiger partial charge in [0.25, 0.3) is 0 Å². The van der Waals surface area contributed by atoms with Crippen LogP contribution in [0.2, 0.25) is 0 Å². The third-order valence-electron chi connectivity index (χ3n) is 2.36. The standard InChI is InChI=1S/C11H9IN4OS/c1-17-8-4-2-7(3-5-8)13-10-15-16-6-9(12)14-11(16)18-10/h2-6H,1H3,(H,13,15). The van der Waals surface area contributed by atoms with Crippen molar-refractivity contribution in [3.63, 3.8) is 0 Å². The van der Waals surface area contributed by atoms with Gasteiger partial charge in [-0.25, -0.2) is 9.50 Å². The lowest BCUT2D eigenvalue weighted by molar-refractivity contribution is 0.415. The Balaban J connectivity index is 1.83. The molecule has 0 saturated heterocycles. The third kappa shape index (κ3) is 2.27. The quantitative estimate of drug-likeness (QED) is 0.718. The Bertz CT molecular complexity index is 644. The molecule has 92 valence electrons. The molecule has 0 aliphatic rings. The molecular formula is C11H9IN4OS. The fourth-order valence-electron chi connectivity index (χ4n) is 1.52. The van der Waals surface area contributed by atoms with Crippen molar-refractivity contribution in [2.24, 2.45) is 0 Å². The molecule has 0 amide bonds. The normalized spacial score (nSPS) is 10.8. The van der Waals surface area contributed by atoms with E-state index in [4.69, 9.17) is 4.74 Å². The fraction of sp³-hybridized carbons (Fsp3) is 0.0909. The number of methoxy groups -OCH3 is 1. The zero-order valence-electron chi connectivity index (χ0n) is 9.42. The van der Waals surface area contributed by atoms with Gasteiger partial charge in [-0.15, -0.1) is 5.10 Å². The van der Waals surface area contributed by atoms with Crippen molar-refractivity contribution in [1.82, 2.24) is 14.6 Å². The summed E-state index contributed by atoms with van der Waals surface area (Å²) < 4.78 is 7.84. The Hall–Kier alpha value is -1.35. The molecule has 2 aromatic heterocycles. The van der Waals surface area contributed by atoms with Crippen LogP contribution in [0, 0.1) is 3.70 Å². The summed E-state index contributed by atoms with van der Waals surface area (Å²) in [6.45, 7) is 0. The van der Waals surface area contributed by atoms with Gasteiger partial charge in [-0.3, -0.25) is 0 Å². The van der Waals surface area contributed by atoms with E-state index in [9.17, 15) is 0 Å². The number of hydrogen-bond donors (Lipinski definition) is 1. The number of fused-ring (bicyclic) bond motifs is 1. The molecule has 0 aliphatic carbocycles.